The zero-order valence-electron chi connectivity index (χ0n) is 36.7. The predicted octanol–water partition coefficient (Wildman–Crippen LogP) is 16.3. The largest absolute Gasteiger partial charge is 0.470 e. The van der Waals surface area contributed by atoms with Gasteiger partial charge in [0.2, 0.25) is 0 Å². The number of phosphoric acid groups is 1. The Kier molecular flexibility index (Phi) is 44.0. The molecule has 0 spiro atoms. The standard InChI is InChI=1S/C36H75N.C10H23O4P/c1-4-7-10-13-16-19-22-25-28-31-34-37(35-32-29-26-23-20-17-14-11-8-5-2)36-33-30-27-24-21-18-15-12-9-6-3;1-4-7-8-9-10(5-2,6-3)14-15(11,12)13/h4-36H2,1-3H3;4-9H2,1-3H3,(H2,11,12,13). The highest BCUT2D eigenvalue weighted by Crippen LogP contribution is 2.45. The summed E-state index contributed by atoms with van der Waals surface area (Å²) in [6.07, 6.45) is 48.7. The molecule has 0 saturated heterocycles. The molecule has 0 aromatic carbocycles. The minimum Gasteiger partial charge on any atom is -0.303 e. The van der Waals surface area contributed by atoms with Crippen molar-refractivity contribution in [3.63, 3.8) is 0 Å². The monoisotopic (exact) mass is 760 g/mol. The normalized spacial score (nSPS) is 12.1. The first-order chi connectivity index (χ1) is 25.2. The Morgan fingerprint density at radius 1 is 0.385 bits per heavy atom. The molecule has 0 aliphatic heterocycles. The van der Waals surface area contributed by atoms with E-state index < -0.39 is 13.4 Å². The maximum Gasteiger partial charge on any atom is 0.470 e. The molecule has 0 aliphatic carbocycles. The summed E-state index contributed by atoms with van der Waals surface area (Å²) in [7, 11) is -4.37. The molecule has 316 valence electrons. The molecule has 2 N–H and O–H groups in total. The SMILES string of the molecule is CCCCCC(CC)(CC)OP(=O)(O)O.CCCCCCCCCCCCN(CCCCCCCCCCCC)CCCCCCCCCCCC. The van der Waals surface area contributed by atoms with Crippen molar-refractivity contribution in [1.29, 1.82) is 0 Å². The van der Waals surface area contributed by atoms with E-state index in [1.54, 1.807) is 0 Å². The van der Waals surface area contributed by atoms with Crippen molar-refractivity contribution >= 4 is 7.82 Å². The van der Waals surface area contributed by atoms with Crippen molar-refractivity contribution in [2.24, 2.45) is 0 Å². The molecule has 0 aliphatic rings. The molecule has 0 aromatic heterocycles. The summed E-state index contributed by atoms with van der Waals surface area (Å²) in [6, 6.07) is 0. The number of hydrogen-bond donors (Lipinski definition) is 2. The van der Waals surface area contributed by atoms with Gasteiger partial charge < -0.3 is 14.7 Å². The number of nitrogens with zero attached hydrogens (tertiary/aromatic N) is 1. The first-order valence-electron chi connectivity index (χ1n) is 23.7. The average molecular weight is 760 g/mol. The van der Waals surface area contributed by atoms with Crippen LogP contribution in [0.15, 0.2) is 0 Å². The van der Waals surface area contributed by atoms with Gasteiger partial charge in [-0.2, -0.15) is 0 Å². The van der Waals surface area contributed by atoms with E-state index in [2.05, 4.69) is 32.6 Å². The lowest BCUT2D eigenvalue weighted by atomic mass is 9.91. The lowest BCUT2D eigenvalue weighted by molar-refractivity contribution is 0.0174. The fourth-order valence-electron chi connectivity index (χ4n) is 7.53. The highest BCUT2D eigenvalue weighted by atomic mass is 31.2. The van der Waals surface area contributed by atoms with Crippen molar-refractivity contribution in [1.82, 2.24) is 4.90 Å². The summed E-state index contributed by atoms with van der Waals surface area (Å²) < 4.78 is 15.8. The Morgan fingerprint density at radius 2 is 0.615 bits per heavy atom. The van der Waals surface area contributed by atoms with Gasteiger partial charge in [0.25, 0.3) is 0 Å². The quantitative estimate of drug-likeness (QED) is 0.0480. The third-order valence-corrected chi connectivity index (χ3v) is 11.9. The van der Waals surface area contributed by atoms with Crippen LogP contribution in [0, 0.1) is 0 Å². The third-order valence-electron chi connectivity index (χ3n) is 11.3. The van der Waals surface area contributed by atoms with Crippen LogP contribution in [0.3, 0.4) is 0 Å². The predicted molar refractivity (Wildman–Crippen MR) is 233 cm³/mol. The lowest BCUT2D eigenvalue weighted by Crippen LogP contribution is -2.29. The molecular formula is C46H98NO4P. The molecule has 0 radical (unpaired) electrons. The van der Waals surface area contributed by atoms with E-state index in [4.69, 9.17) is 14.3 Å². The molecule has 52 heavy (non-hydrogen) atoms. The summed E-state index contributed by atoms with van der Waals surface area (Å²) in [4.78, 5) is 20.6. The summed E-state index contributed by atoms with van der Waals surface area (Å²) in [5, 5.41) is 0. The van der Waals surface area contributed by atoms with Crippen LogP contribution < -0.4 is 0 Å². The molecule has 0 fully saturated rings. The Morgan fingerprint density at radius 3 is 0.846 bits per heavy atom. The van der Waals surface area contributed by atoms with Gasteiger partial charge in [0.05, 0.1) is 5.60 Å². The maximum absolute atomic E-state index is 10.9. The Hall–Kier alpha value is 0.0700. The van der Waals surface area contributed by atoms with E-state index >= 15 is 0 Å². The summed E-state index contributed by atoms with van der Waals surface area (Å²) in [5.74, 6) is 0. The zero-order valence-corrected chi connectivity index (χ0v) is 37.6. The molecule has 0 rings (SSSR count). The van der Waals surface area contributed by atoms with Gasteiger partial charge >= 0.3 is 7.82 Å². The molecule has 6 heteroatoms. The zero-order chi connectivity index (χ0) is 38.9. The van der Waals surface area contributed by atoms with Crippen molar-refractivity contribution in [2.45, 2.75) is 278 Å². The van der Waals surface area contributed by atoms with Gasteiger partial charge in [0, 0.05) is 0 Å². The maximum atomic E-state index is 10.9. The van der Waals surface area contributed by atoms with Gasteiger partial charge in [-0.3, -0.25) is 4.52 Å². The number of unbranched alkanes of at least 4 members (excludes halogenated alkanes) is 29. The number of rotatable bonds is 41. The fourth-order valence-corrected chi connectivity index (χ4v) is 8.39. The molecule has 0 atom stereocenters. The molecular weight excluding hydrogens is 661 g/mol. The van der Waals surface area contributed by atoms with Crippen LogP contribution in [0.25, 0.3) is 0 Å². The molecule has 0 amide bonds. The fraction of sp³-hybridized carbons (Fsp3) is 1.00. The summed E-state index contributed by atoms with van der Waals surface area (Å²) >= 11 is 0. The molecule has 0 saturated carbocycles. The van der Waals surface area contributed by atoms with E-state index in [9.17, 15) is 4.57 Å². The highest BCUT2D eigenvalue weighted by molar-refractivity contribution is 7.46. The van der Waals surface area contributed by atoms with Crippen molar-refractivity contribution in [2.75, 3.05) is 19.6 Å². The van der Waals surface area contributed by atoms with Gasteiger partial charge in [0.15, 0.2) is 0 Å². The second-order valence-corrected chi connectivity index (χ2v) is 17.5. The van der Waals surface area contributed by atoms with E-state index in [-0.39, 0.29) is 0 Å². The third kappa shape index (κ3) is 41.2. The highest BCUT2D eigenvalue weighted by Gasteiger charge is 2.34. The van der Waals surface area contributed by atoms with Gasteiger partial charge in [-0.15, -0.1) is 0 Å². The van der Waals surface area contributed by atoms with Crippen LogP contribution in [0.5, 0.6) is 0 Å². The van der Waals surface area contributed by atoms with E-state index in [0.29, 0.717) is 12.8 Å². The Balaban J connectivity index is 0. The Labute approximate surface area is 328 Å². The van der Waals surface area contributed by atoms with Crippen LogP contribution >= 0.6 is 7.82 Å². The first-order valence-corrected chi connectivity index (χ1v) is 25.3. The van der Waals surface area contributed by atoms with E-state index in [0.717, 1.165) is 25.7 Å². The Bertz CT molecular complexity index is 653. The van der Waals surface area contributed by atoms with Crippen LogP contribution in [-0.2, 0) is 9.09 Å². The lowest BCUT2D eigenvalue weighted by Gasteiger charge is -2.31. The first kappa shape index (κ1) is 54.2. The molecule has 0 bridgehead atoms. The number of phosphoric ester groups is 1. The van der Waals surface area contributed by atoms with Gasteiger partial charge in [-0.1, -0.05) is 234 Å². The molecule has 0 unspecified atom stereocenters. The van der Waals surface area contributed by atoms with Crippen LogP contribution in [0.4, 0.5) is 0 Å². The van der Waals surface area contributed by atoms with Crippen LogP contribution in [0.2, 0.25) is 0 Å². The van der Waals surface area contributed by atoms with E-state index in [1.165, 1.54) is 212 Å². The number of hydrogen-bond acceptors (Lipinski definition) is 3. The second kappa shape index (κ2) is 42.2. The van der Waals surface area contributed by atoms with Crippen molar-refractivity contribution in [3.05, 3.63) is 0 Å². The van der Waals surface area contributed by atoms with Crippen LogP contribution in [-0.4, -0.2) is 39.9 Å². The van der Waals surface area contributed by atoms with E-state index in [1.807, 2.05) is 13.8 Å². The smallest absolute Gasteiger partial charge is 0.303 e. The summed E-state index contributed by atoms with van der Waals surface area (Å²) in [6.45, 7) is 17.0. The van der Waals surface area contributed by atoms with Gasteiger partial charge in [-0.05, 0) is 58.2 Å². The van der Waals surface area contributed by atoms with Crippen molar-refractivity contribution < 1.29 is 18.9 Å². The topological polar surface area (TPSA) is 70.0 Å². The second-order valence-electron chi connectivity index (χ2n) is 16.3. The molecule has 5 nitrogen and oxygen atoms in total. The van der Waals surface area contributed by atoms with Gasteiger partial charge in [0.1, 0.15) is 0 Å². The minimum absolute atomic E-state index is 0.637. The van der Waals surface area contributed by atoms with Crippen molar-refractivity contribution in [3.8, 4) is 0 Å². The summed E-state index contributed by atoms with van der Waals surface area (Å²) in [5.41, 5.74) is -0.645. The minimum atomic E-state index is -4.37. The molecule has 0 heterocycles. The average Bonchev–Trinajstić information content (AvgIpc) is 3.13. The van der Waals surface area contributed by atoms with Gasteiger partial charge in [-0.25, -0.2) is 4.57 Å². The molecule has 0 aromatic rings. The van der Waals surface area contributed by atoms with Crippen LogP contribution in [0.1, 0.15) is 273 Å².